The summed E-state index contributed by atoms with van der Waals surface area (Å²) in [5.74, 6) is 0.387. The van der Waals surface area contributed by atoms with E-state index in [1.54, 1.807) is 0 Å². The Labute approximate surface area is 85.8 Å². The highest BCUT2D eigenvalue weighted by Crippen LogP contribution is 2.08. The van der Waals surface area contributed by atoms with E-state index in [2.05, 4.69) is 12.2 Å². The molecule has 0 aliphatic carbocycles. The lowest BCUT2D eigenvalue weighted by Gasteiger charge is -2.31. The number of piperazine rings is 1. The van der Waals surface area contributed by atoms with Crippen molar-refractivity contribution in [2.24, 2.45) is 11.7 Å². The number of hydrogen-bond acceptors (Lipinski definition) is 3. The van der Waals surface area contributed by atoms with Gasteiger partial charge in [0.2, 0.25) is 5.91 Å². The van der Waals surface area contributed by atoms with E-state index in [0.29, 0.717) is 0 Å². The lowest BCUT2D eigenvalue weighted by Crippen LogP contribution is -2.53. The van der Waals surface area contributed by atoms with Crippen molar-refractivity contribution < 1.29 is 4.79 Å². The summed E-state index contributed by atoms with van der Waals surface area (Å²) in [4.78, 5) is 13.7. The molecular formula is C10H21N3O. The highest BCUT2D eigenvalue weighted by atomic mass is 16.2. The summed E-state index contributed by atoms with van der Waals surface area (Å²) in [6.45, 7) is 7.46. The first-order valence-electron chi connectivity index (χ1n) is 5.42. The van der Waals surface area contributed by atoms with Crippen LogP contribution in [0.1, 0.15) is 20.3 Å². The fourth-order valence-corrected chi connectivity index (χ4v) is 1.59. The number of carbonyl (C=O) groups excluding carboxylic acids is 1. The molecule has 0 spiro atoms. The highest BCUT2D eigenvalue weighted by Gasteiger charge is 2.25. The largest absolute Gasteiger partial charge is 0.339 e. The molecule has 0 saturated carbocycles. The van der Waals surface area contributed by atoms with Crippen LogP contribution in [-0.4, -0.2) is 43.0 Å². The van der Waals surface area contributed by atoms with Gasteiger partial charge >= 0.3 is 0 Å². The number of nitrogens with two attached hydrogens (primary N) is 1. The standard InChI is InChI=1S/C10H21N3O/c1-3-8(2)9(11)10(14)13-6-4-12-5-7-13/h8-9,12H,3-7,11H2,1-2H3. The summed E-state index contributed by atoms with van der Waals surface area (Å²) < 4.78 is 0. The van der Waals surface area contributed by atoms with Gasteiger partial charge in [0.15, 0.2) is 0 Å². The fourth-order valence-electron chi connectivity index (χ4n) is 1.59. The number of carbonyl (C=O) groups is 1. The number of hydrogen-bond donors (Lipinski definition) is 2. The molecular weight excluding hydrogens is 178 g/mol. The van der Waals surface area contributed by atoms with Crippen molar-refractivity contribution in [1.29, 1.82) is 0 Å². The molecule has 0 aromatic heterocycles. The third-order valence-electron chi connectivity index (χ3n) is 2.97. The smallest absolute Gasteiger partial charge is 0.239 e. The van der Waals surface area contributed by atoms with E-state index in [9.17, 15) is 4.79 Å². The molecule has 2 unspecified atom stereocenters. The highest BCUT2D eigenvalue weighted by molar-refractivity contribution is 5.82. The maximum Gasteiger partial charge on any atom is 0.239 e. The summed E-state index contributed by atoms with van der Waals surface area (Å²) in [6, 6.07) is -0.321. The molecule has 1 aliphatic rings. The predicted octanol–water partition coefficient (Wildman–Crippen LogP) is -0.208. The second kappa shape index (κ2) is 5.32. The van der Waals surface area contributed by atoms with Crippen LogP contribution in [0.5, 0.6) is 0 Å². The molecule has 4 heteroatoms. The Bertz CT molecular complexity index is 186. The van der Waals surface area contributed by atoms with Gasteiger partial charge < -0.3 is 16.0 Å². The van der Waals surface area contributed by atoms with E-state index < -0.39 is 0 Å². The van der Waals surface area contributed by atoms with E-state index in [1.165, 1.54) is 0 Å². The average molecular weight is 199 g/mol. The van der Waals surface area contributed by atoms with Crippen molar-refractivity contribution >= 4 is 5.91 Å². The van der Waals surface area contributed by atoms with Crippen LogP contribution in [0.2, 0.25) is 0 Å². The van der Waals surface area contributed by atoms with Crippen molar-refractivity contribution in [2.45, 2.75) is 26.3 Å². The lowest BCUT2D eigenvalue weighted by molar-refractivity contribution is -0.134. The molecule has 0 aromatic carbocycles. The van der Waals surface area contributed by atoms with Crippen LogP contribution in [0.15, 0.2) is 0 Å². The minimum Gasteiger partial charge on any atom is -0.339 e. The van der Waals surface area contributed by atoms with Crippen molar-refractivity contribution in [1.82, 2.24) is 10.2 Å². The molecule has 0 radical (unpaired) electrons. The minimum absolute atomic E-state index is 0.112. The van der Waals surface area contributed by atoms with Gasteiger partial charge in [0.1, 0.15) is 0 Å². The van der Waals surface area contributed by atoms with Crippen LogP contribution in [0.4, 0.5) is 0 Å². The molecule has 1 heterocycles. The van der Waals surface area contributed by atoms with Gasteiger partial charge in [0.25, 0.3) is 0 Å². The Hall–Kier alpha value is -0.610. The van der Waals surface area contributed by atoms with Gasteiger partial charge in [-0.2, -0.15) is 0 Å². The maximum atomic E-state index is 11.9. The van der Waals surface area contributed by atoms with Gasteiger partial charge in [-0.1, -0.05) is 20.3 Å². The van der Waals surface area contributed by atoms with Crippen LogP contribution in [0.3, 0.4) is 0 Å². The SMILES string of the molecule is CCC(C)C(N)C(=O)N1CCNCC1. The van der Waals surface area contributed by atoms with Gasteiger partial charge in [-0.15, -0.1) is 0 Å². The quantitative estimate of drug-likeness (QED) is 0.661. The molecule has 1 saturated heterocycles. The molecule has 4 nitrogen and oxygen atoms in total. The van der Waals surface area contributed by atoms with E-state index in [4.69, 9.17) is 5.73 Å². The zero-order chi connectivity index (χ0) is 10.6. The summed E-state index contributed by atoms with van der Waals surface area (Å²) in [5.41, 5.74) is 5.89. The van der Waals surface area contributed by atoms with Crippen LogP contribution in [0, 0.1) is 5.92 Å². The Morgan fingerprint density at radius 3 is 2.57 bits per heavy atom. The predicted molar refractivity (Wildman–Crippen MR) is 56.9 cm³/mol. The zero-order valence-corrected chi connectivity index (χ0v) is 9.12. The van der Waals surface area contributed by atoms with Crippen LogP contribution >= 0.6 is 0 Å². The molecule has 1 aliphatic heterocycles. The summed E-state index contributed by atoms with van der Waals surface area (Å²) in [7, 11) is 0. The van der Waals surface area contributed by atoms with Crippen LogP contribution in [-0.2, 0) is 4.79 Å². The molecule has 14 heavy (non-hydrogen) atoms. The second-order valence-corrected chi connectivity index (χ2v) is 3.99. The van der Waals surface area contributed by atoms with E-state index in [0.717, 1.165) is 32.6 Å². The molecule has 1 amide bonds. The van der Waals surface area contributed by atoms with E-state index in [-0.39, 0.29) is 17.9 Å². The van der Waals surface area contributed by atoms with Crippen LogP contribution in [0.25, 0.3) is 0 Å². The van der Waals surface area contributed by atoms with Crippen molar-refractivity contribution in [3.8, 4) is 0 Å². The average Bonchev–Trinajstić information content (AvgIpc) is 2.27. The van der Waals surface area contributed by atoms with Crippen molar-refractivity contribution in [3.63, 3.8) is 0 Å². The first-order chi connectivity index (χ1) is 6.66. The Balaban J connectivity index is 2.46. The molecule has 0 bridgehead atoms. The summed E-state index contributed by atoms with van der Waals surface area (Å²) in [6.07, 6.45) is 0.957. The van der Waals surface area contributed by atoms with Gasteiger partial charge in [-0.25, -0.2) is 0 Å². The number of rotatable bonds is 3. The Morgan fingerprint density at radius 2 is 2.07 bits per heavy atom. The summed E-state index contributed by atoms with van der Waals surface area (Å²) >= 11 is 0. The Morgan fingerprint density at radius 1 is 1.50 bits per heavy atom. The zero-order valence-electron chi connectivity index (χ0n) is 9.12. The molecule has 1 fully saturated rings. The number of nitrogens with zero attached hydrogens (tertiary/aromatic N) is 1. The van der Waals surface area contributed by atoms with Gasteiger partial charge in [0.05, 0.1) is 6.04 Å². The van der Waals surface area contributed by atoms with E-state index >= 15 is 0 Å². The number of amides is 1. The molecule has 1 rings (SSSR count). The third kappa shape index (κ3) is 2.69. The minimum atomic E-state index is -0.321. The normalized spacial score (nSPS) is 21.8. The van der Waals surface area contributed by atoms with Gasteiger partial charge in [-0.05, 0) is 5.92 Å². The van der Waals surface area contributed by atoms with Crippen molar-refractivity contribution in [2.75, 3.05) is 26.2 Å². The lowest BCUT2D eigenvalue weighted by atomic mass is 9.99. The topological polar surface area (TPSA) is 58.4 Å². The van der Waals surface area contributed by atoms with E-state index in [1.807, 2.05) is 11.8 Å². The summed E-state index contributed by atoms with van der Waals surface area (Å²) in [5, 5.41) is 3.22. The first kappa shape index (κ1) is 11.5. The van der Waals surface area contributed by atoms with Gasteiger partial charge in [-0.3, -0.25) is 4.79 Å². The third-order valence-corrected chi connectivity index (χ3v) is 2.97. The maximum absolute atomic E-state index is 11.9. The van der Waals surface area contributed by atoms with Gasteiger partial charge in [0, 0.05) is 26.2 Å². The molecule has 82 valence electrons. The molecule has 3 N–H and O–H groups in total. The molecule has 2 atom stereocenters. The van der Waals surface area contributed by atoms with Crippen LogP contribution < -0.4 is 11.1 Å². The second-order valence-electron chi connectivity index (χ2n) is 3.99. The first-order valence-corrected chi connectivity index (χ1v) is 5.42. The molecule has 0 aromatic rings. The monoisotopic (exact) mass is 199 g/mol. The van der Waals surface area contributed by atoms with Crippen molar-refractivity contribution in [3.05, 3.63) is 0 Å². The Kier molecular flexibility index (Phi) is 4.35. The fraction of sp³-hybridized carbons (Fsp3) is 0.900. The number of nitrogens with one attached hydrogen (secondary N) is 1.